The minimum absolute atomic E-state index is 0.231. The van der Waals surface area contributed by atoms with Gasteiger partial charge in [0.05, 0.1) is 18.3 Å². The fourth-order valence-electron chi connectivity index (χ4n) is 2.11. The van der Waals surface area contributed by atoms with Crippen LogP contribution in [-0.4, -0.2) is 29.8 Å². The van der Waals surface area contributed by atoms with E-state index in [2.05, 4.69) is 68.2 Å². The summed E-state index contributed by atoms with van der Waals surface area (Å²) in [5.74, 6) is 0.884. The maximum Gasteiger partial charge on any atom is 0.203 e. The van der Waals surface area contributed by atoms with E-state index in [0.717, 1.165) is 22.7 Å². The number of hydrogen-bond donors (Lipinski definition) is 1. The lowest BCUT2D eigenvalue weighted by atomic mass is 10.1. The summed E-state index contributed by atoms with van der Waals surface area (Å²) in [6, 6.07) is 8.61. The molecule has 0 fully saturated rings. The molecule has 0 spiro atoms. The van der Waals surface area contributed by atoms with E-state index in [1.54, 1.807) is 7.11 Å². The van der Waals surface area contributed by atoms with E-state index in [1.807, 2.05) is 6.92 Å². The van der Waals surface area contributed by atoms with Gasteiger partial charge in [0.25, 0.3) is 0 Å². The highest BCUT2D eigenvalue weighted by molar-refractivity contribution is 9.10. The highest BCUT2D eigenvalue weighted by Gasteiger charge is 2.13. The number of aryl methyl sites for hydroxylation is 1. The minimum Gasteiger partial charge on any atom is -0.383 e. The molecule has 1 aromatic carbocycles. The van der Waals surface area contributed by atoms with E-state index < -0.39 is 0 Å². The van der Waals surface area contributed by atoms with Crippen LogP contribution >= 0.6 is 15.9 Å². The molecule has 1 atom stereocenters. The number of imidazole rings is 1. The predicted molar refractivity (Wildman–Crippen MR) is 85.3 cm³/mol. The van der Waals surface area contributed by atoms with Crippen LogP contribution in [0.25, 0.3) is 0 Å². The SMILES string of the molecule is COCCNc1nc(C)cn1C(C)c1ccc(Br)cc1. The molecule has 5 heteroatoms. The van der Waals surface area contributed by atoms with Crippen molar-refractivity contribution in [3.63, 3.8) is 0 Å². The quantitative estimate of drug-likeness (QED) is 0.818. The van der Waals surface area contributed by atoms with Gasteiger partial charge in [-0.25, -0.2) is 4.98 Å². The Balaban J connectivity index is 2.20. The van der Waals surface area contributed by atoms with Gasteiger partial charge in [-0.05, 0) is 31.5 Å². The van der Waals surface area contributed by atoms with Crippen molar-refractivity contribution in [3.05, 3.63) is 46.2 Å². The molecule has 108 valence electrons. The summed E-state index contributed by atoms with van der Waals surface area (Å²) < 4.78 is 8.32. The van der Waals surface area contributed by atoms with Crippen molar-refractivity contribution in [2.24, 2.45) is 0 Å². The first kappa shape index (κ1) is 15.1. The van der Waals surface area contributed by atoms with Gasteiger partial charge in [-0.15, -0.1) is 0 Å². The van der Waals surface area contributed by atoms with E-state index in [9.17, 15) is 0 Å². The van der Waals surface area contributed by atoms with Crippen LogP contribution in [0.15, 0.2) is 34.9 Å². The van der Waals surface area contributed by atoms with Crippen molar-refractivity contribution < 1.29 is 4.74 Å². The summed E-state index contributed by atoms with van der Waals surface area (Å²) in [6.07, 6.45) is 2.07. The van der Waals surface area contributed by atoms with Gasteiger partial charge in [0.1, 0.15) is 0 Å². The molecule has 0 saturated carbocycles. The lowest BCUT2D eigenvalue weighted by Gasteiger charge is -2.17. The zero-order valence-corrected chi connectivity index (χ0v) is 13.6. The standard InChI is InChI=1S/C15H20BrN3O/c1-11-10-19(15(18-11)17-8-9-20-3)12(2)13-4-6-14(16)7-5-13/h4-7,10,12H,8-9H2,1-3H3,(H,17,18). The molecule has 2 aromatic rings. The Morgan fingerprint density at radius 2 is 2.05 bits per heavy atom. The number of methoxy groups -OCH3 is 1. The third-order valence-corrected chi connectivity index (χ3v) is 3.74. The van der Waals surface area contributed by atoms with E-state index >= 15 is 0 Å². The molecule has 4 nitrogen and oxygen atoms in total. The van der Waals surface area contributed by atoms with Crippen LogP contribution in [0.4, 0.5) is 5.95 Å². The van der Waals surface area contributed by atoms with Crippen molar-refractivity contribution >= 4 is 21.9 Å². The van der Waals surface area contributed by atoms with E-state index in [-0.39, 0.29) is 6.04 Å². The molecule has 1 heterocycles. The molecule has 0 amide bonds. The normalized spacial score (nSPS) is 12.4. The molecular weight excluding hydrogens is 318 g/mol. The highest BCUT2D eigenvalue weighted by Crippen LogP contribution is 2.24. The van der Waals surface area contributed by atoms with Gasteiger partial charge in [0.2, 0.25) is 5.95 Å². The molecule has 1 N–H and O–H groups in total. The highest BCUT2D eigenvalue weighted by atomic mass is 79.9. The average molecular weight is 338 g/mol. The van der Waals surface area contributed by atoms with Gasteiger partial charge < -0.3 is 14.6 Å². The van der Waals surface area contributed by atoms with Crippen LogP contribution < -0.4 is 5.32 Å². The number of nitrogens with one attached hydrogen (secondary N) is 1. The Bertz CT molecular complexity index is 551. The third-order valence-electron chi connectivity index (χ3n) is 3.21. The number of ether oxygens (including phenoxy) is 1. The van der Waals surface area contributed by atoms with E-state index in [4.69, 9.17) is 4.74 Å². The number of nitrogens with zero attached hydrogens (tertiary/aromatic N) is 2. The van der Waals surface area contributed by atoms with Gasteiger partial charge in [-0.1, -0.05) is 28.1 Å². The van der Waals surface area contributed by atoms with Gasteiger partial charge in [0, 0.05) is 24.3 Å². The average Bonchev–Trinajstić information content (AvgIpc) is 2.80. The molecule has 0 aliphatic rings. The topological polar surface area (TPSA) is 39.1 Å². The molecule has 0 aliphatic heterocycles. The Morgan fingerprint density at radius 3 is 2.70 bits per heavy atom. The number of anilines is 1. The first-order valence-electron chi connectivity index (χ1n) is 6.65. The van der Waals surface area contributed by atoms with Crippen LogP contribution in [0.3, 0.4) is 0 Å². The number of aromatic nitrogens is 2. The third kappa shape index (κ3) is 3.61. The van der Waals surface area contributed by atoms with Crippen LogP contribution in [0.1, 0.15) is 24.2 Å². The molecule has 20 heavy (non-hydrogen) atoms. The van der Waals surface area contributed by atoms with Gasteiger partial charge in [-0.3, -0.25) is 0 Å². The second-order valence-electron chi connectivity index (χ2n) is 4.76. The van der Waals surface area contributed by atoms with Crippen LogP contribution in [0.2, 0.25) is 0 Å². The van der Waals surface area contributed by atoms with Gasteiger partial charge in [0.15, 0.2) is 0 Å². The zero-order chi connectivity index (χ0) is 14.5. The Labute approximate surface area is 128 Å². The predicted octanol–water partition coefficient (Wildman–Crippen LogP) is 3.62. The summed E-state index contributed by atoms with van der Waals surface area (Å²) in [5.41, 5.74) is 2.26. The second kappa shape index (κ2) is 6.90. The maximum atomic E-state index is 5.06. The van der Waals surface area contributed by atoms with Crippen molar-refractivity contribution in [1.29, 1.82) is 0 Å². The summed E-state index contributed by atoms with van der Waals surface area (Å²) in [4.78, 5) is 4.53. The molecule has 0 aliphatic carbocycles. The summed E-state index contributed by atoms with van der Waals surface area (Å²) in [5, 5.41) is 3.31. The Kier molecular flexibility index (Phi) is 5.20. The van der Waals surface area contributed by atoms with Crippen LogP contribution in [0.5, 0.6) is 0 Å². The Morgan fingerprint density at radius 1 is 1.35 bits per heavy atom. The van der Waals surface area contributed by atoms with E-state index in [1.165, 1.54) is 5.56 Å². The molecule has 0 saturated heterocycles. The molecule has 1 aromatic heterocycles. The minimum atomic E-state index is 0.231. The molecular formula is C15H20BrN3O. The molecule has 1 unspecified atom stereocenters. The van der Waals surface area contributed by atoms with Crippen LogP contribution in [0, 0.1) is 6.92 Å². The number of halogens is 1. The van der Waals surface area contributed by atoms with Crippen molar-refractivity contribution in [2.75, 3.05) is 25.6 Å². The summed E-state index contributed by atoms with van der Waals surface area (Å²) in [6.45, 7) is 5.59. The van der Waals surface area contributed by atoms with Crippen molar-refractivity contribution in [3.8, 4) is 0 Å². The van der Waals surface area contributed by atoms with Crippen LogP contribution in [-0.2, 0) is 4.74 Å². The Hall–Kier alpha value is -1.33. The molecule has 0 radical (unpaired) electrons. The van der Waals surface area contributed by atoms with Gasteiger partial charge in [-0.2, -0.15) is 0 Å². The maximum absolute atomic E-state index is 5.06. The summed E-state index contributed by atoms with van der Waals surface area (Å²) in [7, 11) is 1.70. The van der Waals surface area contributed by atoms with E-state index in [0.29, 0.717) is 6.61 Å². The first-order valence-corrected chi connectivity index (χ1v) is 7.45. The summed E-state index contributed by atoms with van der Waals surface area (Å²) >= 11 is 3.47. The lowest BCUT2D eigenvalue weighted by Crippen LogP contribution is -2.15. The second-order valence-corrected chi connectivity index (χ2v) is 5.68. The fourth-order valence-corrected chi connectivity index (χ4v) is 2.37. The number of benzene rings is 1. The van der Waals surface area contributed by atoms with Gasteiger partial charge >= 0.3 is 0 Å². The smallest absolute Gasteiger partial charge is 0.203 e. The monoisotopic (exact) mass is 337 g/mol. The lowest BCUT2D eigenvalue weighted by molar-refractivity contribution is 0.210. The zero-order valence-electron chi connectivity index (χ0n) is 12.1. The van der Waals surface area contributed by atoms with Crippen molar-refractivity contribution in [2.45, 2.75) is 19.9 Å². The molecule has 2 rings (SSSR count). The molecule has 0 bridgehead atoms. The number of hydrogen-bond acceptors (Lipinski definition) is 3. The largest absolute Gasteiger partial charge is 0.383 e. The first-order chi connectivity index (χ1) is 9.61. The number of rotatable bonds is 6. The fraction of sp³-hybridized carbons (Fsp3) is 0.400. The van der Waals surface area contributed by atoms with Crippen molar-refractivity contribution in [1.82, 2.24) is 9.55 Å².